The van der Waals surface area contributed by atoms with Crippen molar-refractivity contribution in [1.29, 1.82) is 0 Å². The van der Waals surface area contributed by atoms with E-state index in [1.165, 1.54) is 37.5 Å². The van der Waals surface area contributed by atoms with E-state index in [0.717, 1.165) is 37.0 Å². The zero-order valence-electron chi connectivity index (χ0n) is 15.3. The first-order valence-electron chi connectivity index (χ1n) is 8.55. The molecule has 5 rings (SSSR count). The van der Waals surface area contributed by atoms with E-state index in [9.17, 15) is 19.8 Å². The minimum atomic E-state index is -1.41. The molecule has 0 spiro atoms. The third-order valence-electron chi connectivity index (χ3n) is 6.00. The van der Waals surface area contributed by atoms with Gasteiger partial charge in [-0.15, -0.1) is 0 Å². The first-order valence-corrected chi connectivity index (χ1v) is 8.55. The Morgan fingerprint density at radius 2 is 1.31 bits per heavy atom. The van der Waals surface area contributed by atoms with Crippen molar-refractivity contribution in [3.05, 3.63) is 34.9 Å². The van der Waals surface area contributed by atoms with Gasteiger partial charge in [-0.1, -0.05) is 30.0 Å². The molecular weight excluding hydrogens is 382 g/mol. The molecule has 1 aromatic carbocycles. The second kappa shape index (κ2) is 9.21. The maximum atomic E-state index is 11.3. The van der Waals surface area contributed by atoms with Crippen molar-refractivity contribution < 1.29 is 123 Å². The molecule has 26 heavy (non-hydrogen) atoms. The van der Waals surface area contributed by atoms with Crippen molar-refractivity contribution in [2.24, 2.45) is 23.2 Å². The fourth-order valence-corrected chi connectivity index (χ4v) is 5.49. The maximum absolute atomic E-state index is 11.3. The van der Waals surface area contributed by atoms with Gasteiger partial charge in [0.1, 0.15) is 0 Å². The van der Waals surface area contributed by atoms with E-state index < -0.39 is 11.9 Å². The Balaban J connectivity index is 0.00000121. The van der Waals surface area contributed by atoms with E-state index >= 15 is 0 Å². The summed E-state index contributed by atoms with van der Waals surface area (Å²) in [5.41, 5.74) is -0.395. The molecule has 0 aromatic heterocycles. The van der Waals surface area contributed by atoms with Gasteiger partial charge in [-0.2, -0.15) is 0 Å². The molecule has 0 unspecified atom stereocenters. The summed E-state index contributed by atoms with van der Waals surface area (Å²) in [6, 6.07) is 4.06. The Hall–Kier alpha value is 0.993. The van der Waals surface area contributed by atoms with Crippen LogP contribution in [0.3, 0.4) is 0 Å². The summed E-state index contributed by atoms with van der Waals surface area (Å²) in [6.07, 6.45) is 7.04. The Labute approximate surface area is 238 Å². The fraction of sp³-hybridized carbons (Fsp3) is 0.500. The Morgan fingerprint density at radius 3 is 1.69 bits per heavy atom. The molecule has 4 nitrogen and oxygen atoms in total. The number of carbonyl (C=O) groups is 2. The molecule has 4 aliphatic rings. The molecule has 0 aliphatic heterocycles. The van der Waals surface area contributed by atoms with E-state index in [1.54, 1.807) is 0 Å². The summed E-state index contributed by atoms with van der Waals surface area (Å²) < 4.78 is 0. The van der Waals surface area contributed by atoms with Crippen LogP contribution in [-0.4, -0.2) is 11.9 Å². The van der Waals surface area contributed by atoms with Crippen LogP contribution in [-0.2, 0) is 0 Å². The van der Waals surface area contributed by atoms with Crippen molar-refractivity contribution in [3.63, 3.8) is 0 Å². The SMILES string of the molecule is O=C([O-])c1cccc(C(=O)[O-])c1C#CC12CC3CC(CC(C3)C1)C2.[K+].[K+]. The topological polar surface area (TPSA) is 80.3 Å². The van der Waals surface area contributed by atoms with Gasteiger partial charge in [0, 0.05) is 22.1 Å². The average molecular weight is 401 g/mol. The number of carbonyl (C=O) groups excluding carboxylic acids is 2. The van der Waals surface area contributed by atoms with Crippen molar-refractivity contribution in [1.82, 2.24) is 0 Å². The van der Waals surface area contributed by atoms with Crippen molar-refractivity contribution >= 4 is 11.9 Å². The normalized spacial score (nSPS) is 30.4. The second-order valence-corrected chi connectivity index (χ2v) is 7.75. The number of carboxylic acid groups (broad SMARTS) is 2. The van der Waals surface area contributed by atoms with Crippen LogP contribution in [0.4, 0.5) is 0 Å². The van der Waals surface area contributed by atoms with Gasteiger partial charge in [0.05, 0.1) is 11.9 Å². The maximum Gasteiger partial charge on any atom is 1.00 e. The molecule has 0 N–H and O–H groups in total. The summed E-state index contributed by atoms with van der Waals surface area (Å²) in [5, 5.41) is 22.7. The second-order valence-electron chi connectivity index (χ2n) is 7.75. The third kappa shape index (κ3) is 4.59. The van der Waals surface area contributed by atoms with Crippen LogP contribution in [0.5, 0.6) is 0 Å². The van der Waals surface area contributed by atoms with Gasteiger partial charge in [-0.25, -0.2) is 0 Å². The Bertz CT molecular complexity index is 723. The van der Waals surface area contributed by atoms with Gasteiger partial charge in [0.15, 0.2) is 0 Å². The molecule has 4 aliphatic carbocycles. The summed E-state index contributed by atoms with van der Waals surface area (Å²) in [5.74, 6) is 5.57. The summed E-state index contributed by atoms with van der Waals surface area (Å²) in [4.78, 5) is 22.7. The van der Waals surface area contributed by atoms with Crippen molar-refractivity contribution in [2.45, 2.75) is 38.5 Å². The van der Waals surface area contributed by atoms with Gasteiger partial charge < -0.3 is 19.8 Å². The molecule has 1 aromatic rings. The number of carboxylic acids is 2. The Kier molecular flexibility index (Phi) is 8.24. The zero-order chi connectivity index (χ0) is 16.9. The number of hydrogen-bond acceptors (Lipinski definition) is 4. The average Bonchev–Trinajstić information content (AvgIpc) is 2.51. The van der Waals surface area contributed by atoms with E-state index in [0.29, 0.717) is 0 Å². The first kappa shape index (κ1) is 23.3. The van der Waals surface area contributed by atoms with E-state index in [1.807, 2.05) is 0 Å². The zero-order valence-corrected chi connectivity index (χ0v) is 21.6. The van der Waals surface area contributed by atoms with Gasteiger partial charge in [0.25, 0.3) is 0 Å². The molecular formula is C20H18K2O4. The van der Waals surface area contributed by atoms with Crippen LogP contribution in [0, 0.1) is 35.0 Å². The van der Waals surface area contributed by atoms with Gasteiger partial charge >= 0.3 is 103 Å². The standard InChI is InChI=1S/C20H20O4.2K/c21-18(22)16-2-1-3-17(19(23)24)15(16)4-5-20-9-12-6-13(10-20)8-14(7-12)11-20;;/h1-3,12-14H,6-11H2,(H,21,22)(H,23,24);;/q;2*+1/p-2. The van der Waals surface area contributed by atoms with Crippen LogP contribution in [0.15, 0.2) is 18.2 Å². The van der Waals surface area contributed by atoms with Crippen LogP contribution in [0.25, 0.3) is 0 Å². The summed E-state index contributed by atoms with van der Waals surface area (Å²) in [7, 11) is 0. The van der Waals surface area contributed by atoms with E-state index in [-0.39, 0.29) is 125 Å². The number of rotatable bonds is 2. The van der Waals surface area contributed by atoms with Gasteiger partial charge in [-0.3, -0.25) is 0 Å². The summed E-state index contributed by atoms with van der Waals surface area (Å²) in [6.45, 7) is 0. The molecule has 0 saturated heterocycles. The van der Waals surface area contributed by atoms with Crippen LogP contribution < -0.4 is 113 Å². The van der Waals surface area contributed by atoms with Crippen LogP contribution in [0.2, 0.25) is 0 Å². The number of benzene rings is 1. The number of aromatic carboxylic acids is 2. The largest absolute Gasteiger partial charge is 1.00 e. The molecule has 124 valence electrons. The monoisotopic (exact) mass is 400 g/mol. The molecule has 4 fully saturated rings. The van der Waals surface area contributed by atoms with E-state index in [4.69, 9.17) is 0 Å². The predicted octanol–water partition coefficient (Wildman–Crippen LogP) is -5.01. The van der Waals surface area contributed by atoms with Crippen molar-refractivity contribution in [2.75, 3.05) is 0 Å². The minimum Gasteiger partial charge on any atom is -0.545 e. The van der Waals surface area contributed by atoms with Crippen LogP contribution >= 0.6 is 0 Å². The quantitative estimate of drug-likeness (QED) is 0.368. The molecule has 0 heterocycles. The predicted molar refractivity (Wildman–Crippen MR) is 82.6 cm³/mol. The molecule has 0 radical (unpaired) electrons. The van der Waals surface area contributed by atoms with Crippen LogP contribution in [0.1, 0.15) is 64.8 Å². The van der Waals surface area contributed by atoms with E-state index in [2.05, 4.69) is 11.8 Å². The molecule has 4 saturated carbocycles. The van der Waals surface area contributed by atoms with Gasteiger partial charge in [-0.05, 0) is 56.3 Å². The molecule has 4 bridgehead atoms. The smallest absolute Gasteiger partial charge is 0.545 e. The number of hydrogen-bond donors (Lipinski definition) is 0. The van der Waals surface area contributed by atoms with Gasteiger partial charge in [0.2, 0.25) is 0 Å². The summed E-state index contributed by atoms with van der Waals surface area (Å²) >= 11 is 0. The first-order chi connectivity index (χ1) is 11.5. The third-order valence-corrected chi connectivity index (χ3v) is 6.00. The molecule has 0 amide bonds. The van der Waals surface area contributed by atoms with Crippen molar-refractivity contribution in [3.8, 4) is 11.8 Å². The minimum absolute atomic E-state index is 0. The molecule has 6 heteroatoms. The fourth-order valence-electron chi connectivity index (χ4n) is 5.49. The Morgan fingerprint density at radius 1 is 0.885 bits per heavy atom. The molecule has 0 atom stereocenters.